The van der Waals surface area contributed by atoms with Crippen molar-refractivity contribution in [2.24, 2.45) is 0 Å². The third-order valence-electron chi connectivity index (χ3n) is 3.88. The first-order chi connectivity index (χ1) is 12.3. The zero-order valence-corrected chi connectivity index (χ0v) is 16.1. The van der Waals surface area contributed by atoms with Gasteiger partial charge in [0.15, 0.2) is 21.3 Å². The largest absolute Gasteiger partial charge is 0.493 e. The van der Waals surface area contributed by atoms with Crippen LogP contribution in [0.25, 0.3) is 10.6 Å². The van der Waals surface area contributed by atoms with Gasteiger partial charge in [-0.15, -0.1) is 11.3 Å². The highest BCUT2D eigenvalue weighted by Gasteiger charge is 2.25. The van der Waals surface area contributed by atoms with Crippen LogP contribution in [-0.2, 0) is 9.84 Å². The lowest BCUT2D eigenvalue weighted by Gasteiger charge is -2.09. The van der Waals surface area contributed by atoms with Crippen molar-refractivity contribution < 1.29 is 22.7 Å². The number of nitrogens with zero attached hydrogens (tertiary/aromatic N) is 1. The van der Waals surface area contributed by atoms with Gasteiger partial charge in [-0.25, -0.2) is 13.4 Å². The zero-order chi connectivity index (χ0) is 18.9. The number of hydrogen-bond donors (Lipinski definition) is 1. The molecule has 0 saturated carbocycles. The molecule has 3 rings (SSSR count). The molecule has 0 radical (unpaired) electrons. The maximum Gasteiger partial charge on any atom is 0.263 e. The van der Waals surface area contributed by atoms with E-state index in [4.69, 9.17) is 9.47 Å². The number of benzene rings is 1. The molecule has 0 aliphatic carbocycles. The minimum absolute atomic E-state index is 0.112. The SMILES string of the molecule is COc1ccc(-c2nc(C)c(C(=O)N[C@@H]3C=CS(=O)(=O)C3)s2)cc1OC. The molecule has 1 amide bonds. The van der Waals surface area contributed by atoms with Gasteiger partial charge >= 0.3 is 0 Å². The first-order valence-corrected chi connectivity index (χ1v) is 10.3. The topological polar surface area (TPSA) is 94.6 Å². The van der Waals surface area contributed by atoms with Crippen molar-refractivity contribution in [2.45, 2.75) is 13.0 Å². The van der Waals surface area contributed by atoms with E-state index in [2.05, 4.69) is 10.3 Å². The molecule has 0 bridgehead atoms. The number of carbonyl (C=O) groups is 1. The van der Waals surface area contributed by atoms with E-state index < -0.39 is 15.9 Å². The summed E-state index contributed by atoms with van der Waals surface area (Å²) < 4.78 is 33.4. The van der Waals surface area contributed by atoms with Crippen LogP contribution in [0.2, 0.25) is 0 Å². The van der Waals surface area contributed by atoms with Crippen LogP contribution in [0.3, 0.4) is 0 Å². The molecule has 7 nitrogen and oxygen atoms in total. The summed E-state index contributed by atoms with van der Waals surface area (Å²) in [5.41, 5.74) is 1.39. The number of amides is 1. The van der Waals surface area contributed by atoms with Gasteiger partial charge in [-0.2, -0.15) is 0 Å². The average molecular weight is 394 g/mol. The fraction of sp³-hybridized carbons (Fsp3) is 0.294. The number of nitrogens with one attached hydrogen (secondary N) is 1. The average Bonchev–Trinajstić information content (AvgIpc) is 3.16. The lowest BCUT2D eigenvalue weighted by atomic mass is 10.2. The van der Waals surface area contributed by atoms with Crippen molar-refractivity contribution in [1.82, 2.24) is 10.3 Å². The zero-order valence-electron chi connectivity index (χ0n) is 14.5. The molecular formula is C17H18N2O5S2. The maximum absolute atomic E-state index is 12.5. The van der Waals surface area contributed by atoms with Crippen molar-refractivity contribution in [3.05, 3.63) is 40.3 Å². The number of rotatable bonds is 5. The summed E-state index contributed by atoms with van der Waals surface area (Å²) in [6.45, 7) is 1.75. The van der Waals surface area contributed by atoms with Gasteiger partial charge < -0.3 is 14.8 Å². The van der Waals surface area contributed by atoms with Crippen molar-refractivity contribution in [3.8, 4) is 22.1 Å². The summed E-state index contributed by atoms with van der Waals surface area (Å²) in [5.74, 6) is 0.736. The van der Waals surface area contributed by atoms with Crippen LogP contribution in [0.4, 0.5) is 0 Å². The van der Waals surface area contributed by atoms with Gasteiger partial charge in [-0.05, 0) is 31.2 Å². The highest BCUT2D eigenvalue weighted by molar-refractivity contribution is 7.94. The summed E-state index contributed by atoms with van der Waals surface area (Å²) in [7, 11) is -0.106. The van der Waals surface area contributed by atoms with E-state index in [1.165, 1.54) is 17.4 Å². The molecule has 0 saturated heterocycles. The fourth-order valence-corrected chi connectivity index (χ4v) is 4.80. The number of hydrogen-bond acceptors (Lipinski definition) is 7. The molecular weight excluding hydrogens is 376 g/mol. The number of aromatic nitrogens is 1. The summed E-state index contributed by atoms with van der Waals surface area (Å²) in [5, 5.41) is 4.52. The second-order valence-electron chi connectivity index (χ2n) is 5.74. The molecule has 0 unspecified atom stereocenters. The molecule has 9 heteroatoms. The lowest BCUT2D eigenvalue weighted by Crippen LogP contribution is -2.35. The summed E-state index contributed by atoms with van der Waals surface area (Å²) >= 11 is 1.24. The van der Waals surface area contributed by atoms with Crippen molar-refractivity contribution >= 4 is 27.1 Å². The van der Waals surface area contributed by atoms with Crippen LogP contribution in [0, 0.1) is 6.92 Å². The first-order valence-electron chi connectivity index (χ1n) is 7.74. The Hall–Kier alpha value is -2.39. The van der Waals surface area contributed by atoms with E-state index in [0.717, 1.165) is 11.0 Å². The quantitative estimate of drug-likeness (QED) is 0.835. The van der Waals surface area contributed by atoms with Gasteiger partial charge in [0.05, 0.1) is 31.7 Å². The van der Waals surface area contributed by atoms with Gasteiger partial charge in [-0.3, -0.25) is 4.79 Å². The molecule has 0 spiro atoms. The molecule has 138 valence electrons. The van der Waals surface area contributed by atoms with Crippen LogP contribution in [0.5, 0.6) is 11.5 Å². The molecule has 0 fully saturated rings. The van der Waals surface area contributed by atoms with Crippen LogP contribution in [0.1, 0.15) is 15.4 Å². The van der Waals surface area contributed by atoms with Crippen molar-refractivity contribution in [1.29, 1.82) is 0 Å². The number of thiazole rings is 1. The third kappa shape index (κ3) is 3.73. The smallest absolute Gasteiger partial charge is 0.263 e. The van der Waals surface area contributed by atoms with Crippen LogP contribution >= 0.6 is 11.3 Å². The molecule has 1 aliphatic heterocycles. The highest BCUT2D eigenvalue weighted by Crippen LogP contribution is 2.35. The second-order valence-corrected chi connectivity index (χ2v) is 8.67. The van der Waals surface area contributed by atoms with E-state index in [9.17, 15) is 13.2 Å². The highest BCUT2D eigenvalue weighted by atomic mass is 32.2. The summed E-state index contributed by atoms with van der Waals surface area (Å²) in [6, 6.07) is 4.90. The second kappa shape index (κ2) is 7.08. The van der Waals surface area contributed by atoms with Crippen LogP contribution in [0.15, 0.2) is 29.7 Å². The molecule has 2 aromatic rings. The predicted molar refractivity (Wildman–Crippen MR) is 99.6 cm³/mol. The molecule has 1 aromatic heterocycles. The molecule has 2 heterocycles. The number of sulfone groups is 1. The predicted octanol–water partition coefficient (Wildman–Crippen LogP) is 2.18. The Kier molecular flexibility index (Phi) is 5.01. The van der Waals surface area contributed by atoms with E-state index in [1.54, 1.807) is 33.3 Å². The first kappa shape index (κ1) is 18.4. The molecule has 1 aliphatic rings. The lowest BCUT2D eigenvalue weighted by molar-refractivity contribution is 0.0951. The number of methoxy groups -OCH3 is 2. The van der Waals surface area contributed by atoms with E-state index in [-0.39, 0.29) is 11.7 Å². The normalized spacial score (nSPS) is 17.9. The Bertz CT molecular complexity index is 979. The van der Waals surface area contributed by atoms with Gasteiger partial charge in [0.1, 0.15) is 9.88 Å². The number of aryl methyl sites for hydroxylation is 1. The number of ether oxygens (including phenoxy) is 2. The Morgan fingerprint density at radius 3 is 2.62 bits per heavy atom. The minimum Gasteiger partial charge on any atom is -0.493 e. The minimum atomic E-state index is -3.22. The number of carbonyl (C=O) groups excluding carboxylic acids is 1. The van der Waals surface area contributed by atoms with E-state index in [1.807, 2.05) is 6.07 Å². The Morgan fingerprint density at radius 1 is 1.27 bits per heavy atom. The Balaban J connectivity index is 1.83. The van der Waals surface area contributed by atoms with Crippen molar-refractivity contribution in [2.75, 3.05) is 20.0 Å². The standard InChI is InChI=1S/C17H18N2O5S2/c1-10-15(16(20)19-12-6-7-26(21,22)9-12)25-17(18-10)11-4-5-13(23-2)14(8-11)24-3/h4-8,12H,9H2,1-3H3,(H,19,20)/t12-/m1/s1. The Labute approximate surface area is 155 Å². The van der Waals surface area contributed by atoms with Crippen molar-refractivity contribution in [3.63, 3.8) is 0 Å². The molecule has 1 atom stereocenters. The summed E-state index contributed by atoms with van der Waals surface area (Å²) in [6.07, 6.45) is 1.48. The van der Waals surface area contributed by atoms with Gasteiger partial charge in [0.25, 0.3) is 5.91 Å². The van der Waals surface area contributed by atoms with E-state index >= 15 is 0 Å². The third-order valence-corrected chi connectivity index (χ3v) is 6.48. The monoisotopic (exact) mass is 394 g/mol. The molecule has 26 heavy (non-hydrogen) atoms. The van der Waals surface area contributed by atoms with Crippen LogP contribution < -0.4 is 14.8 Å². The summed E-state index contributed by atoms with van der Waals surface area (Å²) in [4.78, 5) is 17.4. The maximum atomic E-state index is 12.5. The molecule has 1 aromatic carbocycles. The van der Waals surface area contributed by atoms with E-state index in [0.29, 0.717) is 27.1 Å². The van der Waals surface area contributed by atoms with Crippen LogP contribution in [-0.4, -0.2) is 45.3 Å². The van der Waals surface area contributed by atoms with Gasteiger partial charge in [-0.1, -0.05) is 0 Å². The molecule has 1 N–H and O–H groups in total. The van der Waals surface area contributed by atoms with Gasteiger partial charge in [0, 0.05) is 11.0 Å². The van der Waals surface area contributed by atoms with Gasteiger partial charge in [0.2, 0.25) is 0 Å². The fourth-order valence-electron chi connectivity index (χ4n) is 2.60. The Morgan fingerprint density at radius 2 is 2.00 bits per heavy atom.